The third-order valence-electron chi connectivity index (χ3n) is 1.38. The lowest BCUT2D eigenvalue weighted by Crippen LogP contribution is -2.11. The van der Waals surface area contributed by atoms with Crippen LogP contribution in [0.5, 0.6) is 0 Å². The summed E-state index contributed by atoms with van der Waals surface area (Å²) in [6.07, 6.45) is 2.54. The van der Waals surface area contributed by atoms with Crippen molar-refractivity contribution in [3.8, 4) is 0 Å². The average Bonchev–Trinajstić information content (AvgIpc) is 2.33. The fourth-order valence-electron chi connectivity index (χ4n) is 0.851. The molecule has 0 aliphatic heterocycles. The van der Waals surface area contributed by atoms with Gasteiger partial charge in [0.2, 0.25) is 5.78 Å². The zero-order chi connectivity index (χ0) is 9.14. The molecule has 0 aliphatic rings. The predicted molar refractivity (Wildman–Crippen MR) is 39.8 cm³/mol. The zero-order valence-electron chi connectivity index (χ0n) is 6.52. The van der Waals surface area contributed by atoms with E-state index in [0.717, 1.165) is 0 Å². The minimum Gasteiger partial charge on any atom is -0.481 e. The van der Waals surface area contributed by atoms with Gasteiger partial charge in [-0.1, -0.05) is 0 Å². The first-order chi connectivity index (χ1) is 5.61. The Morgan fingerprint density at radius 2 is 2.33 bits per heavy atom. The number of hydrogen-bond acceptors (Lipinski definition) is 3. The molecule has 0 aliphatic carbocycles. The van der Waals surface area contributed by atoms with Crippen molar-refractivity contribution >= 4 is 11.8 Å². The van der Waals surface area contributed by atoms with Gasteiger partial charge in [-0.25, -0.2) is 4.98 Å². The standard InChI is InChI=1S/C7H8N2O3/c1-9-3-2-8-7(9)5(10)4-6(11)12/h2-3H,4H2,1H3,(H,11,12). The highest BCUT2D eigenvalue weighted by molar-refractivity contribution is 6.03. The fraction of sp³-hybridized carbons (Fsp3) is 0.286. The molecule has 0 bridgehead atoms. The van der Waals surface area contributed by atoms with Crippen LogP contribution >= 0.6 is 0 Å². The Bertz CT molecular complexity index is 316. The molecule has 0 saturated heterocycles. The maximum absolute atomic E-state index is 11.1. The van der Waals surface area contributed by atoms with Crippen molar-refractivity contribution in [2.45, 2.75) is 6.42 Å². The van der Waals surface area contributed by atoms with Crippen molar-refractivity contribution in [3.63, 3.8) is 0 Å². The molecule has 0 aromatic carbocycles. The Morgan fingerprint density at radius 3 is 2.75 bits per heavy atom. The van der Waals surface area contributed by atoms with Crippen LogP contribution in [0.3, 0.4) is 0 Å². The molecule has 0 fully saturated rings. The highest BCUT2D eigenvalue weighted by Crippen LogP contribution is 1.98. The zero-order valence-corrected chi connectivity index (χ0v) is 6.52. The van der Waals surface area contributed by atoms with E-state index in [0.29, 0.717) is 0 Å². The highest BCUT2D eigenvalue weighted by Gasteiger charge is 2.13. The first-order valence-corrected chi connectivity index (χ1v) is 3.33. The average molecular weight is 168 g/mol. The van der Waals surface area contributed by atoms with Crippen LogP contribution in [0.2, 0.25) is 0 Å². The summed E-state index contributed by atoms with van der Waals surface area (Å²) in [6.45, 7) is 0. The van der Waals surface area contributed by atoms with Crippen molar-refractivity contribution in [2.75, 3.05) is 0 Å². The fourth-order valence-corrected chi connectivity index (χ4v) is 0.851. The molecule has 1 aromatic heterocycles. The first-order valence-electron chi connectivity index (χ1n) is 3.33. The molecule has 1 aromatic rings. The number of aliphatic carboxylic acids is 1. The van der Waals surface area contributed by atoms with Crippen LogP contribution in [0.25, 0.3) is 0 Å². The predicted octanol–water partition coefficient (Wildman–Crippen LogP) is 0.0775. The minimum absolute atomic E-state index is 0.178. The van der Waals surface area contributed by atoms with Crippen LogP contribution in [0.1, 0.15) is 17.0 Å². The Labute approximate surface area is 68.6 Å². The second kappa shape index (κ2) is 3.17. The summed E-state index contributed by atoms with van der Waals surface area (Å²) >= 11 is 0. The van der Waals surface area contributed by atoms with Gasteiger partial charge in [-0.2, -0.15) is 0 Å². The van der Waals surface area contributed by atoms with Gasteiger partial charge in [0, 0.05) is 19.4 Å². The van der Waals surface area contributed by atoms with E-state index < -0.39 is 18.2 Å². The molecule has 64 valence electrons. The molecular formula is C7H8N2O3. The Balaban J connectivity index is 2.78. The van der Waals surface area contributed by atoms with Crippen LogP contribution in [0.4, 0.5) is 0 Å². The number of rotatable bonds is 3. The van der Waals surface area contributed by atoms with E-state index in [2.05, 4.69) is 4.98 Å². The van der Waals surface area contributed by atoms with Gasteiger partial charge in [0.05, 0.1) is 0 Å². The van der Waals surface area contributed by atoms with Gasteiger partial charge in [0.1, 0.15) is 6.42 Å². The number of aryl methyl sites for hydroxylation is 1. The van der Waals surface area contributed by atoms with Crippen LogP contribution < -0.4 is 0 Å². The number of hydrogen-bond donors (Lipinski definition) is 1. The lowest BCUT2D eigenvalue weighted by Gasteiger charge is -1.96. The van der Waals surface area contributed by atoms with Crippen molar-refractivity contribution in [1.29, 1.82) is 0 Å². The van der Waals surface area contributed by atoms with Crippen LogP contribution in [0.15, 0.2) is 12.4 Å². The summed E-state index contributed by atoms with van der Waals surface area (Å²) in [5, 5.41) is 8.32. The maximum Gasteiger partial charge on any atom is 0.311 e. The number of carboxylic acid groups (broad SMARTS) is 1. The number of Topliss-reactive ketones (excluding diaryl/α,β-unsaturated/α-hetero) is 1. The number of imidazole rings is 1. The van der Waals surface area contributed by atoms with Crippen molar-refractivity contribution < 1.29 is 14.7 Å². The van der Waals surface area contributed by atoms with E-state index in [4.69, 9.17) is 5.11 Å². The van der Waals surface area contributed by atoms with E-state index in [1.165, 1.54) is 10.8 Å². The summed E-state index contributed by atoms with van der Waals surface area (Å²) in [7, 11) is 1.64. The van der Waals surface area contributed by atoms with E-state index in [1.807, 2.05) is 0 Å². The number of nitrogens with zero attached hydrogens (tertiary/aromatic N) is 2. The molecule has 0 atom stereocenters. The summed E-state index contributed by atoms with van der Waals surface area (Å²) in [4.78, 5) is 25.0. The van der Waals surface area contributed by atoms with Gasteiger partial charge < -0.3 is 9.67 Å². The van der Waals surface area contributed by atoms with Gasteiger partial charge in [0.25, 0.3) is 0 Å². The monoisotopic (exact) mass is 168 g/mol. The molecule has 5 nitrogen and oxygen atoms in total. The summed E-state index contributed by atoms with van der Waals surface area (Å²) < 4.78 is 1.49. The number of ketones is 1. The van der Waals surface area contributed by atoms with Crippen LogP contribution in [-0.4, -0.2) is 26.4 Å². The number of carbonyl (C=O) groups is 2. The molecule has 0 amide bonds. The third-order valence-corrected chi connectivity index (χ3v) is 1.38. The number of carboxylic acids is 1. The molecule has 0 spiro atoms. The summed E-state index contributed by atoms with van der Waals surface area (Å²) in [6, 6.07) is 0. The normalized spacial score (nSPS) is 9.75. The second-order valence-electron chi connectivity index (χ2n) is 2.36. The molecular weight excluding hydrogens is 160 g/mol. The molecule has 0 radical (unpaired) electrons. The lowest BCUT2D eigenvalue weighted by molar-refractivity contribution is -0.135. The quantitative estimate of drug-likeness (QED) is 0.512. The topological polar surface area (TPSA) is 72.2 Å². The smallest absolute Gasteiger partial charge is 0.311 e. The molecule has 12 heavy (non-hydrogen) atoms. The molecule has 5 heteroatoms. The molecule has 0 saturated carbocycles. The van der Waals surface area contributed by atoms with Gasteiger partial charge >= 0.3 is 5.97 Å². The molecule has 1 heterocycles. The van der Waals surface area contributed by atoms with Gasteiger partial charge in [0.15, 0.2) is 5.82 Å². The number of aromatic nitrogens is 2. The van der Waals surface area contributed by atoms with Crippen molar-refractivity contribution in [2.24, 2.45) is 7.05 Å². The maximum atomic E-state index is 11.1. The summed E-state index contributed by atoms with van der Waals surface area (Å²) in [5.41, 5.74) is 0. The van der Waals surface area contributed by atoms with E-state index in [-0.39, 0.29) is 5.82 Å². The first kappa shape index (κ1) is 8.45. The van der Waals surface area contributed by atoms with Gasteiger partial charge in [-0.05, 0) is 0 Å². The van der Waals surface area contributed by atoms with Gasteiger partial charge in [-0.15, -0.1) is 0 Å². The molecule has 1 rings (SSSR count). The summed E-state index contributed by atoms with van der Waals surface area (Å²) in [5.74, 6) is -1.43. The lowest BCUT2D eigenvalue weighted by atomic mass is 10.3. The van der Waals surface area contributed by atoms with E-state index in [1.54, 1.807) is 13.2 Å². The third kappa shape index (κ3) is 1.69. The van der Waals surface area contributed by atoms with Crippen LogP contribution in [-0.2, 0) is 11.8 Å². The molecule has 0 unspecified atom stereocenters. The highest BCUT2D eigenvalue weighted by atomic mass is 16.4. The Morgan fingerprint density at radius 1 is 1.67 bits per heavy atom. The van der Waals surface area contributed by atoms with Crippen LogP contribution in [0, 0.1) is 0 Å². The molecule has 1 N–H and O–H groups in total. The Kier molecular flexibility index (Phi) is 2.23. The SMILES string of the molecule is Cn1ccnc1C(=O)CC(=O)O. The van der Waals surface area contributed by atoms with Crippen molar-refractivity contribution in [3.05, 3.63) is 18.2 Å². The minimum atomic E-state index is -1.14. The van der Waals surface area contributed by atoms with Gasteiger partial charge in [-0.3, -0.25) is 9.59 Å². The Hall–Kier alpha value is -1.65. The van der Waals surface area contributed by atoms with E-state index in [9.17, 15) is 9.59 Å². The second-order valence-corrected chi connectivity index (χ2v) is 2.36. The van der Waals surface area contributed by atoms with E-state index >= 15 is 0 Å². The number of carbonyl (C=O) groups excluding carboxylic acids is 1. The van der Waals surface area contributed by atoms with Crippen molar-refractivity contribution in [1.82, 2.24) is 9.55 Å². The largest absolute Gasteiger partial charge is 0.481 e.